The molecule has 0 N–H and O–H groups in total. The molecule has 0 amide bonds. The fourth-order valence-electron chi connectivity index (χ4n) is 2.77. The van der Waals surface area contributed by atoms with Crippen LogP contribution in [0, 0.1) is 22.0 Å². The molecule has 10 nitrogen and oxygen atoms in total. The van der Waals surface area contributed by atoms with E-state index in [0.717, 1.165) is 14.2 Å². The summed E-state index contributed by atoms with van der Waals surface area (Å²) in [6, 6.07) is 3.19. The van der Waals surface area contributed by atoms with Gasteiger partial charge in [0.05, 0.1) is 41.5 Å². The molecule has 1 atom stereocenters. The number of hydrogen-bond acceptors (Lipinski definition) is 9. The highest BCUT2D eigenvalue weighted by Gasteiger charge is 2.40. The Morgan fingerprint density at radius 3 is 1.78 bits per heavy atom. The van der Waals surface area contributed by atoms with E-state index in [4.69, 9.17) is 14.2 Å². The molecule has 0 spiro atoms. The van der Waals surface area contributed by atoms with Crippen LogP contribution in [0.1, 0.15) is 5.56 Å². The molecule has 0 saturated carbocycles. The average Bonchev–Trinajstić information content (AvgIpc) is 2.66. The van der Waals surface area contributed by atoms with Crippen molar-refractivity contribution in [1.82, 2.24) is 0 Å². The average molecular weight is 385 g/mol. The fraction of sp³-hybridized carbons (Fsp3) is 0.529. The number of carbonyl (C=O) groups excluding carboxylic acids is 2. The van der Waals surface area contributed by atoms with E-state index in [1.54, 1.807) is 12.1 Å². The van der Waals surface area contributed by atoms with E-state index >= 15 is 0 Å². The molecule has 0 fully saturated rings. The second kappa shape index (κ2) is 10.2. The maximum absolute atomic E-state index is 12.1. The molecule has 0 aliphatic heterocycles. The largest absolute Gasteiger partial charge is 0.493 e. The van der Waals surface area contributed by atoms with E-state index in [2.05, 4.69) is 9.47 Å². The Balaban J connectivity index is 3.35. The van der Waals surface area contributed by atoms with Crippen molar-refractivity contribution in [2.45, 2.75) is 6.42 Å². The van der Waals surface area contributed by atoms with Crippen LogP contribution in [-0.4, -0.2) is 59.0 Å². The summed E-state index contributed by atoms with van der Waals surface area (Å²) >= 11 is 0. The predicted molar refractivity (Wildman–Crippen MR) is 92.7 cm³/mol. The lowest BCUT2D eigenvalue weighted by Crippen LogP contribution is -2.38. The quantitative estimate of drug-likeness (QED) is 0.252. The zero-order chi connectivity index (χ0) is 20.6. The van der Waals surface area contributed by atoms with Gasteiger partial charge in [-0.3, -0.25) is 19.7 Å². The third-order valence-electron chi connectivity index (χ3n) is 3.99. The third kappa shape index (κ3) is 5.47. The van der Waals surface area contributed by atoms with E-state index in [0.29, 0.717) is 22.8 Å². The first-order valence-corrected chi connectivity index (χ1v) is 7.89. The van der Waals surface area contributed by atoms with Crippen LogP contribution in [0.5, 0.6) is 17.2 Å². The number of benzene rings is 1. The van der Waals surface area contributed by atoms with E-state index in [1.165, 1.54) is 21.3 Å². The summed E-state index contributed by atoms with van der Waals surface area (Å²) in [5.74, 6) is -3.19. The Morgan fingerprint density at radius 1 is 0.963 bits per heavy atom. The minimum absolute atomic E-state index is 0.00651. The minimum atomic E-state index is -1.44. The topological polar surface area (TPSA) is 123 Å². The van der Waals surface area contributed by atoms with Crippen LogP contribution in [0.2, 0.25) is 0 Å². The van der Waals surface area contributed by atoms with E-state index in [1.807, 2.05) is 0 Å². The SMILES string of the molecule is COC(=O)C(C(=O)OC)C(Cc1cc(OC)c(OC)c(OC)c1)C[N+](=O)[O-]. The highest BCUT2D eigenvalue weighted by molar-refractivity contribution is 5.95. The van der Waals surface area contributed by atoms with Gasteiger partial charge in [0.1, 0.15) is 0 Å². The molecule has 0 aromatic heterocycles. The lowest BCUT2D eigenvalue weighted by molar-refractivity contribution is -0.489. The Morgan fingerprint density at radius 2 is 1.44 bits per heavy atom. The number of carbonyl (C=O) groups is 2. The summed E-state index contributed by atoms with van der Waals surface area (Å²) in [4.78, 5) is 34.6. The standard InChI is InChI=1S/C17H23NO9/c1-23-12-7-10(8-13(24-2)15(12)25-3)6-11(9-18(21)22)14(16(19)26-4)17(20)27-5/h7-8,11,14H,6,9H2,1-5H3. The smallest absolute Gasteiger partial charge is 0.320 e. The summed E-state index contributed by atoms with van der Waals surface area (Å²) in [6.07, 6.45) is 0.00651. The van der Waals surface area contributed by atoms with Gasteiger partial charge in [0.15, 0.2) is 17.4 Å². The molecule has 1 unspecified atom stereocenters. The van der Waals surface area contributed by atoms with Crippen LogP contribution in [0.25, 0.3) is 0 Å². The normalized spacial score (nSPS) is 11.5. The van der Waals surface area contributed by atoms with Crippen LogP contribution in [-0.2, 0) is 25.5 Å². The summed E-state index contributed by atoms with van der Waals surface area (Å²) in [5, 5.41) is 11.1. The van der Waals surface area contributed by atoms with E-state index in [9.17, 15) is 19.7 Å². The number of nitro groups is 1. The molecule has 0 aliphatic rings. The van der Waals surface area contributed by atoms with E-state index in [-0.39, 0.29) is 6.42 Å². The van der Waals surface area contributed by atoms with Gasteiger partial charge in [-0.2, -0.15) is 0 Å². The van der Waals surface area contributed by atoms with Gasteiger partial charge >= 0.3 is 11.9 Å². The molecular weight excluding hydrogens is 362 g/mol. The summed E-state index contributed by atoms with van der Waals surface area (Å²) in [7, 11) is 6.50. The van der Waals surface area contributed by atoms with Crippen LogP contribution in [0.3, 0.4) is 0 Å². The summed E-state index contributed by atoms with van der Waals surface area (Å²) in [5.41, 5.74) is 0.550. The molecule has 1 aromatic rings. The van der Waals surface area contributed by atoms with Gasteiger partial charge in [0.2, 0.25) is 12.3 Å². The Hall–Kier alpha value is -3.04. The number of nitrogens with zero attached hydrogens (tertiary/aromatic N) is 1. The number of rotatable bonds is 10. The van der Waals surface area contributed by atoms with Crippen molar-refractivity contribution in [2.24, 2.45) is 11.8 Å². The van der Waals surface area contributed by atoms with Crippen molar-refractivity contribution in [3.63, 3.8) is 0 Å². The second-order valence-electron chi connectivity index (χ2n) is 5.54. The van der Waals surface area contributed by atoms with Crippen LogP contribution in [0.15, 0.2) is 12.1 Å². The Kier molecular flexibility index (Phi) is 8.31. The van der Waals surface area contributed by atoms with Crippen molar-refractivity contribution < 1.29 is 38.2 Å². The van der Waals surface area contributed by atoms with Crippen LogP contribution < -0.4 is 14.2 Å². The maximum atomic E-state index is 12.1. The molecule has 1 aromatic carbocycles. The molecule has 0 bridgehead atoms. The molecule has 0 heterocycles. The van der Waals surface area contributed by atoms with Crippen LogP contribution >= 0.6 is 0 Å². The molecule has 1 rings (SSSR count). The number of hydrogen-bond donors (Lipinski definition) is 0. The predicted octanol–water partition coefficient (Wildman–Crippen LogP) is 1.11. The molecule has 10 heteroatoms. The zero-order valence-electron chi connectivity index (χ0n) is 15.8. The second-order valence-corrected chi connectivity index (χ2v) is 5.54. The van der Waals surface area contributed by atoms with E-state index < -0.39 is 35.2 Å². The van der Waals surface area contributed by atoms with Gasteiger partial charge in [-0.1, -0.05) is 0 Å². The molecule has 0 radical (unpaired) electrons. The van der Waals surface area contributed by atoms with Gasteiger partial charge in [0.25, 0.3) is 0 Å². The lowest BCUT2D eigenvalue weighted by atomic mass is 9.86. The first-order chi connectivity index (χ1) is 12.8. The number of methoxy groups -OCH3 is 5. The lowest BCUT2D eigenvalue weighted by Gasteiger charge is -2.21. The number of ether oxygens (including phenoxy) is 5. The molecule has 27 heavy (non-hydrogen) atoms. The maximum Gasteiger partial charge on any atom is 0.320 e. The summed E-state index contributed by atoms with van der Waals surface area (Å²) < 4.78 is 25.0. The molecule has 150 valence electrons. The Bertz CT molecular complexity index is 648. The number of esters is 2. The van der Waals surface area contributed by atoms with Crippen molar-refractivity contribution in [3.8, 4) is 17.2 Å². The van der Waals surface area contributed by atoms with Gasteiger partial charge in [0, 0.05) is 4.92 Å². The van der Waals surface area contributed by atoms with Gasteiger partial charge in [-0.15, -0.1) is 0 Å². The fourth-order valence-corrected chi connectivity index (χ4v) is 2.77. The zero-order valence-corrected chi connectivity index (χ0v) is 15.8. The first-order valence-electron chi connectivity index (χ1n) is 7.89. The minimum Gasteiger partial charge on any atom is -0.493 e. The Labute approximate surface area is 156 Å². The van der Waals surface area contributed by atoms with Crippen molar-refractivity contribution >= 4 is 11.9 Å². The van der Waals surface area contributed by atoms with Gasteiger partial charge in [-0.05, 0) is 24.1 Å². The van der Waals surface area contributed by atoms with Gasteiger partial charge in [-0.25, -0.2) is 0 Å². The molecule has 0 aliphatic carbocycles. The first kappa shape index (κ1) is 22.0. The van der Waals surface area contributed by atoms with Crippen molar-refractivity contribution in [2.75, 3.05) is 42.1 Å². The molecular formula is C17H23NO9. The monoisotopic (exact) mass is 385 g/mol. The summed E-state index contributed by atoms with van der Waals surface area (Å²) in [6.45, 7) is -0.633. The molecule has 0 saturated heterocycles. The third-order valence-corrected chi connectivity index (χ3v) is 3.99. The van der Waals surface area contributed by atoms with Crippen molar-refractivity contribution in [3.05, 3.63) is 27.8 Å². The van der Waals surface area contributed by atoms with Crippen LogP contribution in [0.4, 0.5) is 0 Å². The van der Waals surface area contributed by atoms with Gasteiger partial charge < -0.3 is 23.7 Å². The van der Waals surface area contributed by atoms with Crippen molar-refractivity contribution in [1.29, 1.82) is 0 Å². The highest BCUT2D eigenvalue weighted by atomic mass is 16.6. The highest BCUT2D eigenvalue weighted by Crippen LogP contribution is 2.39.